The third-order valence-electron chi connectivity index (χ3n) is 3.74. The van der Waals surface area contributed by atoms with Crippen LogP contribution in [0.25, 0.3) is 0 Å². The number of ether oxygens (including phenoxy) is 3. The van der Waals surface area contributed by atoms with Gasteiger partial charge in [0, 0.05) is 13.2 Å². The molecule has 140 valence electrons. The first-order chi connectivity index (χ1) is 11.0. The van der Waals surface area contributed by atoms with E-state index in [1.807, 2.05) is 0 Å². The molecule has 0 atom stereocenters. The predicted molar refractivity (Wildman–Crippen MR) is 91.4 cm³/mol. The van der Waals surface area contributed by atoms with Crippen molar-refractivity contribution in [3.05, 3.63) is 0 Å². The summed E-state index contributed by atoms with van der Waals surface area (Å²) in [6.45, 7) is 7.92. The molecule has 0 fully saturated rings. The van der Waals surface area contributed by atoms with Gasteiger partial charge in [-0.3, -0.25) is 4.55 Å². The number of unbranched alkanes of at least 4 members (excludes halogenated alkanes) is 1. The van der Waals surface area contributed by atoms with E-state index in [-0.39, 0.29) is 5.75 Å². The highest BCUT2D eigenvalue weighted by atomic mass is 32.2. The minimum absolute atomic E-state index is 0.207. The highest BCUT2D eigenvalue weighted by Gasteiger charge is 2.03. The average molecular weight is 355 g/mol. The monoisotopic (exact) mass is 354 g/mol. The van der Waals surface area contributed by atoms with Gasteiger partial charge in [-0.1, -0.05) is 26.7 Å². The number of rotatable bonds is 17. The molecule has 0 aliphatic rings. The fraction of sp³-hybridized carbons (Fsp3) is 1.00. The zero-order chi connectivity index (χ0) is 17.4. The predicted octanol–water partition coefficient (Wildman–Crippen LogP) is 2.92. The summed E-state index contributed by atoms with van der Waals surface area (Å²) >= 11 is 0. The van der Waals surface area contributed by atoms with Crippen molar-refractivity contribution in [3.8, 4) is 0 Å². The Bertz CT molecular complexity index is 340. The molecular formula is C16H34O6S. The Morgan fingerprint density at radius 2 is 1.26 bits per heavy atom. The highest BCUT2D eigenvalue weighted by molar-refractivity contribution is 7.85. The van der Waals surface area contributed by atoms with Gasteiger partial charge in [0.2, 0.25) is 0 Å². The topological polar surface area (TPSA) is 82.1 Å². The molecule has 0 heterocycles. The summed E-state index contributed by atoms with van der Waals surface area (Å²) in [5.41, 5.74) is 0. The lowest BCUT2D eigenvalue weighted by molar-refractivity contribution is 0.0130. The molecular weight excluding hydrogens is 320 g/mol. The van der Waals surface area contributed by atoms with E-state index in [1.165, 1.54) is 19.3 Å². The molecule has 0 amide bonds. The maximum absolute atomic E-state index is 10.5. The fourth-order valence-electron chi connectivity index (χ4n) is 2.20. The molecule has 0 saturated heterocycles. The molecule has 0 rings (SSSR count). The van der Waals surface area contributed by atoms with Gasteiger partial charge in [-0.25, -0.2) is 0 Å². The van der Waals surface area contributed by atoms with Gasteiger partial charge in [-0.05, 0) is 31.6 Å². The Morgan fingerprint density at radius 1 is 0.783 bits per heavy atom. The molecule has 0 bridgehead atoms. The van der Waals surface area contributed by atoms with E-state index in [0.29, 0.717) is 45.9 Å². The van der Waals surface area contributed by atoms with Crippen LogP contribution < -0.4 is 0 Å². The van der Waals surface area contributed by atoms with Crippen molar-refractivity contribution in [2.75, 3.05) is 45.4 Å². The van der Waals surface area contributed by atoms with Crippen LogP contribution in [0.2, 0.25) is 0 Å². The van der Waals surface area contributed by atoms with Crippen molar-refractivity contribution in [2.24, 2.45) is 5.92 Å². The Hall–Kier alpha value is -0.210. The normalized spacial score (nSPS) is 12.2. The summed E-state index contributed by atoms with van der Waals surface area (Å²) in [5.74, 6) is 0.617. The summed E-state index contributed by atoms with van der Waals surface area (Å²) in [4.78, 5) is 0. The van der Waals surface area contributed by atoms with Gasteiger partial charge < -0.3 is 14.2 Å². The Labute approximate surface area is 141 Å². The van der Waals surface area contributed by atoms with Crippen LogP contribution >= 0.6 is 0 Å². The summed E-state index contributed by atoms with van der Waals surface area (Å²) in [6, 6.07) is 0. The van der Waals surface area contributed by atoms with E-state index in [2.05, 4.69) is 13.8 Å². The molecule has 0 aromatic heterocycles. The van der Waals surface area contributed by atoms with Crippen molar-refractivity contribution >= 4 is 10.1 Å². The molecule has 7 heteroatoms. The average Bonchev–Trinajstić information content (AvgIpc) is 2.50. The molecule has 0 spiro atoms. The van der Waals surface area contributed by atoms with Gasteiger partial charge >= 0.3 is 0 Å². The van der Waals surface area contributed by atoms with Crippen LogP contribution in [0.1, 0.15) is 52.4 Å². The molecule has 0 saturated carbocycles. The first kappa shape index (κ1) is 22.8. The number of hydrogen-bond donors (Lipinski definition) is 1. The van der Waals surface area contributed by atoms with E-state index in [0.717, 1.165) is 18.9 Å². The Kier molecular flexibility index (Phi) is 15.2. The molecule has 0 radical (unpaired) electrons. The summed E-state index contributed by atoms with van der Waals surface area (Å²) < 4.78 is 45.7. The molecule has 0 aromatic carbocycles. The lowest BCUT2D eigenvalue weighted by Crippen LogP contribution is -2.11. The third-order valence-corrected chi connectivity index (χ3v) is 4.55. The van der Waals surface area contributed by atoms with Gasteiger partial charge in [-0.2, -0.15) is 8.42 Å². The van der Waals surface area contributed by atoms with Crippen LogP contribution in [0.5, 0.6) is 0 Å². The summed E-state index contributed by atoms with van der Waals surface area (Å²) in [5, 5.41) is 0. The fourth-order valence-corrected chi connectivity index (χ4v) is 2.77. The molecule has 0 aliphatic heterocycles. The Balaban J connectivity index is 3.13. The second-order valence-corrected chi connectivity index (χ2v) is 7.23. The van der Waals surface area contributed by atoms with Crippen LogP contribution in [0.4, 0.5) is 0 Å². The summed E-state index contributed by atoms with van der Waals surface area (Å²) in [6.07, 6.45) is 5.85. The first-order valence-corrected chi connectivity index (χ1v) is 10.3. The van der Waals surface area contributed by atoms with Crippen molar-refractivity contribution in [1.29, 1.82) is 0 Å². The van der Waals surface area contributed by atoms with E-state index in [4.69, 9.17) is 18.8 Å². The van der Waals surface area contributed by atoms with Crippen molar-refractivity contribution in [1.82, 2.24) is 0 Å². The van der Waals surface area contributed by atoms with Crippen molar-refractivity contribution in [2.45, 2.75) is 52.4 Å². The van der Waals surface area contributed by atoms with Gasteiger partial charge in [0.25, 0.3) is 10.1 Å². The van der Waals surface area contributed by atoms with Crippen molar-refractivity contribution in [3.63, 3.8) is 0 Å². The largest absolute Gasteiger partial charge is 0.379 e. The lowest BCUT2D eigenvalue weighted by Gasteiger charge is -2.11. The maximum atomic E-state index is 10.5. The first-order valence-electron chi connectivity index (χ1n) is 8.68. The zero-order valence-electron chi connectivity index (χ0n) is 14.7. The SMILES string of the molecule is CCC(CC)CCCOCCOCCOCCCCS(=O)(=O)O. The summed E-state index contributed by atoms with van der Waals surface area (Å²) in [7, 11) is -3.84. The van der Waals surface area contributed by atoms with E-state index < -0.39 is 10.1 Å². The van der Waals surface area contributed by atoms with Crippen LogP contribution in [0, 0.1) is 5.92 Å². The highest BCUT2D eigenvalue weighted by Crippen LogP contribution is 2.14. The lowest BCUT2D eigenvalue weighted by atomic mass is 9.98. The maximum Gasteiger partial charge on any atom is 0.264 e. The van der Waals surface area contributed by atoms with E-state index in [1.54, 1.807) is 0 Å². The minimum Gasteiger partial charge on any atom is -0.379 e. The van der Waals surface area contributed by atoms with Gasteiger partial charge in [0.1, 0.15) is 0 Å². The Morgan fingerprint density at radius 3 is 1.74 bits per heavy atom. The molecule has 0 unspecified atom stereocenters. The quantitative estimate of drug-likeness (QED) is 0.319. The van der Waals surface area contributed by atoms with Crippen LogP contribution in [-0.2, 0) is 24.3 Å². The van der Waals surface area contributed by atoms with Gasteiger partial charge in [0.15, 0.2) is 0 Å². The number of hydrogen-bond acceptors (Lipinski definition) is 5. The van der Waals surface area contributed by atoms with Crippen LogP contribution in [0.3, 0.4) is 0 Å². The van der Waals surface area contributed by atoms with Gasteiger partial charge in [0.05, 0.1) is 32.2 Å². The molecule has 6 nitrogen and oxygen atoms in total. The molecule has 0 aromatic rings. The van der Waals surface area contributed by atoms with E-state index in [9.17, 15) is 8.42 Å². The zero-order valence-corrected chi connectivity index (χ0v) is 15.5. The third kappa shape index (κ3) is 18.0. The smallest absolute Gasteiger partial charge is 0.264 e. The molecule has 0 aliphatic carbocycles. The van der Waals surface area contributed by atoms with Crippen LogP contribution in [-0.4, -0.2) is 58.4 Å². The van der Waals surface area contributed by atoms with Crippen molar-refractivity contribution < 1.29 is 27.2 Å². The second kappa shape index (κ2) is 15.3. The van der Waals surface area contributed by atoms with E-state index >= 15 is 0 Å². The minimum atomic E-state index is -3.84. The van der Waals surface area contributed by atoms with Crippen LogP contribution in [0.15, 0.2) is 0 Å². The second-order valence-electron chi connectivity index (χ2n) is 5.66. The molecule has 23 heavy (non-hydrogen) atoms. The molecule has 1 N–H and O–H groups in total. The standard InChI is InChI=1S/C16H34O6S/c1-3-16(4-2)8-7-10-21-12-14-22-13-11-20-9-5-6-15-23(17,18)19/h16H,3-15H2,1-2H3,(H,17,18,19). The van der Waals surface area contributed by atoms with Gasteiger partial charge in [-0.15, -0.1) is 0 Å².